The molecule has 602 valence electrons. The minimum absolute atomic E-state index is 0. The van der Waals surface area contributed by atoms with Gasteiger partial charge in [0.05, 0.1) is 71.1 Å². The van der Waals surface area contributed by atoms with Crippen LogP contribution in [-0.2, 0) is 43.1 Å². The fourth-order valence-electron chi connectivity index (χ4n) is 14.2. The average Bonchev–Trinajstić information content (AvgIpc) is 1.57. The third-order valence-corrected chi connectivity index (χ3v) is 20.8. The topological polar surface area (TPSA) is 216 Å². The van der Waals surface area contributed by atoms with Crippen molar-refractivity contribution >= 4 is 46.4 Å². The number of aryl methyl sites for hydroxylation is 6. The van der Waals surface area contributed by atoms with Crippen LogP contribution >= 0.6 is 15.9 Å². The van der Waals surface area contributed by atoms with Gasteiger partial charge in [0.2, 0.25) is 0 Å². The summed E-state index contributed by atoms with van der Waals surface area (Å²) in [6.45, 7) is 19.9. The number of ether oxygens (including phenoxy) is 8. The molecule has 3 aliphatic rings. The predicted octanol–water partition coefficient (Wildman–Crippen LogP) is 17.9. The van der Waals surface area contributed by atoms with Gasteiger partial charge in [-0.15, -0.1) is 17.8 Å². The van der Waals surface area contributed by atoms with Gasteiger partial charge in [-0.05, 0) is 239 Å². The number of methoxy groups -OCH3 is 2. The van der Waals surface area contributed by atoms with Crippen LogP contribution in [0.25, 0.3) is 22.3 Å². The monoisotopic (exact) mass is 1640 g/mol. The summed E-state index contributed by atoms with van der Waals surface area (Å²) >= 11 is 3.52. The maximum atomic E-state index is 11.8. The van der Waals surface area contributed by atoms with E-state index >= 15 is 0 Å². The predicted molar refractivity (Wildman–Crippen MR) is 460 cm³/mol. The number of hydrogen-bond acceptors (Lipinski definition) is 14. The summed E-state index contributed by atoms with van der Waals surface area (Å²) in [5.41, 5.74) is 19.1. The van der Waals surface area contributed by atoms with Crippen LogP contribution in [0.3, 0.4) is 0 Å². The summed E-state index contributed by atoms with van der Waals surface area (Å²) in [5.74, 6) is 20.7. The fourth-order valence-corrected chi connectivity index (χ4v) is 14.6. The third kappa shape index (κ3) is 27.5. The van der Waals surface area contributed by atoms with E-state index in [1.165, 1.54) is 69.9 Å². The zero-order valence-corrected chi connectivity index (χ0v) is 72.8. The van der Waals surface area contributed by atoms with Crippen LogP contribution in [0.5, 0.6) is 34.5 Å². The van der Waals surface area contributed by atoms with E-state index in [0.717, 1.165) is 157 Å². The molecule has 9 aromatic carbocycles. The first-order chi connectivity index (χ1) is 55.2. The van der Waals surface area contributed by atoms with Crippen molar-refractivity contribution in [3.63, 3.8) is 0 Å². The van der Waals surface area contributed by atoms with Crippen LogP contribution in [0.1, 0.15) is 221 Å². The van der Waals surface area contributed by atoms with Crippen molar-refractivity contribution in [2.75, 3.05) is 34.0 Å². The van der Waals surface area contributed by atoms with Crippen LogP contribution in [0.2, 0.25) is 0 Å². The van der Waals surface area contributed by atoms with Crippen LogP contribution in [-0.4, -0.2) is 79.7 Å². The summed E-state index contributed by atoms with van der Waals surface area (Å²) in [7, 11) is 1.33. The number of hydrogen-bond donors (Lipinski definition) is 3. The van der Waals surface area contributed by atoms with Gasteiger partial charge in [0.25, 0.3) is 0 Å². The van der Waals surface area contributed by atoms with E-state index in [9.17, 15) is 19.5 Å². The van der Waals surface area contributed by atoms with Gasteiger partial charge in [0.15, 0.2) is 0 Å². The number of carboxylic acids is 1. The SMILES string of the molecule is CC#C[C@@H](CC(=O)O)c1ccc(OC2CCc3cc(-c4cc(C)ccc4OCCCC)ccc32)cc1.CC#C[C@@H](CC(=O)OC)c1ccc(OC2CCc3cc(-c4cc(C)ccc4OCCCC)ccc32)cc1.CC#C[C@@H](CC(=O)OC)c1ccc(OC2CCc3cc(Br)ccc32)cc1.CCCCOc1ccc(C)cc1B(O)O.[Na+].[OH-]. The maximum Gasteiger partial charge on any atom is 1.00 e. The first-order valence-corrected chi connectivity index (χ1v) is 40.6. The van der Waals surface area contributed by atoms with Gasteiger partial charge in [-0.3, -0.25) is 14.4 Å². The molecule has 116 heavy (non-hydrogen) atoms. The number of halogens is 1. The molecule has 3 aliphatic carbocycles. The molecular weight excluding hydrogens is 1530 g/mol. The number of carboxylic acid groups (broad SMARTS) is 1. The van der Waals surface area contributed by atoms with E-state index in [1.54, 1.807) is 32.9 Å². The minimum Gasteiger partial charge on any atom is -0.870 e. The Kier molecular flexibility index (Phi) is 38.8. The number of carbonyl (C=O) groups excluding carboxylic acids is 2. The second-order valence-electron chi connectivity index (χ2n) is 28.8. The van der Waals surface area contributed by atoms with Crippen molar-refractivity contribution < 1.29 is 102 Å². The van der Waals surface area contributed by atoms with Crippen molar-refractivity contribution in [2.45, 2.75) is 195 Å². The van der Waals surface area contributed by atoms with Gasteiger partial charge in [0, 0.05) is 21.1 Å². The molecule has 0 aliphatic heterocycles. The number of esters is 2. The van der Waals surface area contributed by atoms with Gasteiger partial charge < -0.3 is 58.5 Å². The zero-order valence-electron chi connectivity index (χ0n) is 69.2. The van der Waals surface area contributed by atoms with Gasteiger partial charge in [-0.1, -0.05) is 194 Å². The standard InChI is InChI=1S/C33H36O4.C32H34O4.C22H21BrO3.C11H17BO3.Na.H2O/c1-5-7-19-36-31-17-9-23(3)20-30(31)27-12-16-29-26(21-27)13-18-32(29)37-28-14-10-24(11-15-28)25(8-6-2)22-33(34)35-4;1-4-6-18-35-30-16-8-22(3)19-29(30)26-11-15-28-25(20-26)12-17-31(28)36-27-13-9-23(10-14-27)24(7-5-2)21-32(33)34;1-3-4-16(14-22(24)25-2)15-5-9-19(10-6-15)26-21-12-7-17-13-18(23)8-11-20(17)21;1-3-4-7-15-11-6-5-9(2)8-10(11)12(13)14;;/h9-12,14-17,20-21,25,32H,5,7,13,18-19,22H2,1-4H3;8-11,13-16,19-20,24,31H,4,6,12,17-18,21H2,1-3H3,(H,33,34);5-6,8-11,13,16,21H,7,12,14H2,1-2H3;5-6,8,13-14H,3-4,7H2,1-2H3;;1H2/q;;;;+1;/p-1/t25-,32?;24-,31?;16-,21?;;;/m000.../s1. The summed E-state index contributed by atoms with van der Waals surface area (Å²) in [6, 6.07) is 61.3. The largest absolute Gasteiger partial charge is 1.00 e. The van der Waals surface area contributed by atoms with Gasteiger partial charge in [0.1, 0.15) is 52.8 Å². The molecule has 15 nitrogen and oxygen atoms in total. The Balaban J connectivity index is 0.000000222. The normalized spacial score (nSPS) is 14.3. The molecule has 0 saturated carbocycles. The third-order valence-electron chi connectivity index (χ3n) is 20.3. The van der Waals surface area contributed by atoms with Crippen LogP contribution in [0.4, 0.5) is 0 Å². The molecule has 0 aromatic heterocycles. The minimum atomic E-state index is -1.47. The molecule has 6 atom stereocenters. The van der Waals surface area contributed by atoms with Crippen molar-refractivity contribution in [2.24, 2.45) is 0 Å². The van der Waals surface area contributed by atoms with E-state index in [-0.39, 0.29) is 102 Å². The summed E-state index contributed by atoms with van der Waals surface area (Å²) < 4.78 is 47.3. The Labute approximate surface area is 717 Å². The van der Waals surface area contributed by atoms with Gasteiger partial charge >= 0.3 is 54.6 Å². The zero-order chi connectivity index (χ0) is 81.5. The van der Waals surface area contributed by atoms with Gasteiger partial charge in [-0.2, -0.15) is 0 Å². The van der Waals surface area contributed by atoms with Crippen LogP contribution < -0.4 is 63.4 Å². The van der Waals surface area contributed by atoms with Crippen molar-refractivity contribution in [1.82, 2.24) is 0 Å². The Bertz CT molecular complexity index is 4870. The van der Waals surface area contributed by atoms with Crippen LogP contribution in [0.15, 0.2) is 186 Å². The molecule has 9 aromatic rings. The quantitative estimate of drug-likeness (QED) is 0.0165. The number of carbonyl (C=O) groups is 3. The Morgan fingerprint density at radius 3 is 1.13 bits per heavy atom. The molecule has 0 radical (unpaired) electrons. The molecule has 0 spiro atoms. The maximum absolute atomic E-state index is 11.8. The summed E-state index contributed by atoms with van der Waals surface area (Å²) in [6.07, 6.45) is 12.8. The molecule has 0 amide bonds. The van der Waals surface area contributed by atoms with E-state index in [0.29, 0.717) is 17.8 Å². The molecule has 0 heterocycles. The molecule has 4 N–H and O–H groups in total. The molecular formula is C98H109BBrNaO15. The number of unbranched alkanes of at least 4 members (excludes halogenated alkanes) is 3. The number of benzene rings is 9. The van der Waals surface area contributed by atoms with Crippen LogP contribution in [0, 0.1) is 56.3 Å². The molecule has 12 rings (SSSR count). The van der Waals surface area contributed by atoms with E-state index in [1.807, 2.05) is 85.8 Å². The molecule has 0 saturated heterocycles. The fraction of sp³-hybridized carbons (Fsp3) is 0.357. The smallest absolute Gasteiger partial charge is 0.870 e. The summed E-state index contributed by atoms with van der Waals surface area (Å²) in [4.78, 5) is 34.5. The van der Waals surface area contributed by atoms with E-state index in [2.05, 4.69) is 177 Å². The van der Waals surface area contributed by atoms with Crippen molar-refractivity contribution in [3.05, 3.63) is 253 Å². The Hall–Kier alpha value is -9.71. The van der Waals surface area contributed by atoms with Gasteiger partial charge in [-0.25, -0.2) is 0 Å². The molecule has 0 bridgehead atoms. The second-order valence-corrected chi connectivity index (χ2v) is 29.7. The molecule has 3 unspecified atom stereocenters. The Morgan fingerprint density at radius 2 is 0.784 bits per heavy atom. The number of fused-ring (bicyclic) bond motifs is 3. The summed E-state index contributed by atoms with van der Waals surface area (Å²) in [5, 5.41) is 27.5. The second kappa shape index (κ2) is 48.1. The first-order valence-electron chi connectivity index (χ1n) is 39.8. The Morgan fingerprint density at radius 1 is 0.448 bits per heavy atom. The average molecular weight is 1640 g/mol. The number of rotatable bonds is 30. The number of aliphatic carboxylic acids is 1. The van der Waals surface area contributed by atoms with E-state index < -0.39 is 13.1 Å². The first kappa shape index (κ1) is 93.5. The van der Waals surface area contributed by atoms with Crippen molar-refractivity contribution in [1.29, 1.82) is 0 Å². The van der Waals surface area contributed by atoms with Crippen molar-refractivity contribution in [3.8, 4) is 92.3 Å². The van der Waals surface area contributed by atoms with E-state index in [4.69, 9.17) is 47.9 Å². The molecule has 0 fully saturated rings. The molecule has 18 heteroatoms.